The first-order valence-electron chi connectivity index (χ1n) is 10.4. The predicted octanol–water partition coefficient (Wildman–Crippen LogP) is 9.12. The predicted molar refractivity (Wildman–Crippen MR) is 136 cm³/mol. The van der Waals surface area contributed by atoms with Crippen molar-refractivity contribution < 1.29 is 0 Å². The highest BCUT2D eigenvalue weighted by Crippen LogP contribution is 2.31. The lowest BCUT2D eigenvalue weighted by Crippen LogP contribution is -1.84. The van der Waals surface area contributed by atoms with Crippen molar-refractivity contribution in [3.63, 3.8) is 0 Å². The first-order chi connectivity index (χ1) is 15.3. The molecule has 0 spiro atoms. The summed E-state index contributed by atoms with van der Waals surface area (Å²) in [7, 11) is 0. The van der Waals surface area contributed by atoms with Crippen LogP contribution in [0.3, 0.4) is 0 Å². The number of halogens is 1. The van der Waals surface area contributed by atoms with E-state index in [1.807, 2.05) is 0 Å². The molecule has 0 amide bonds. The van der Waals surface area contributed by atoms with E-state index in [1.54, 1.807) is 0 Å². The van der Waals surface area contributed by atoms with E-state index in [-0.39, 0.29) is 0 Å². The molecule has 1 heteroatoms. The molecule has 0 aliphatic rings. The third kappa shape index (κ3) is 4.38. The van der Waals surface area contributed by atoms with Crippen LogP contribution >= 0.6 is 15.9 Å². The minimum atomic E-state index is 1.09. The number of hydrogen-bond acceptors (Lipinski definition) is 0. The van der Waals surface area contributed by atoms with E-state index in [2.05, 4.69) is 143 Å². The molecule has 0 N–H and O–H groups in total. The van der Waals surface area contributed by atoms with Crippen molar-refractivity contribution in [3.8, 4) is 44.5 Å². The highest BCUT2D eigenvalue weighted by atomic mass is 79.9. The van der Waals surface area contributed by atoms with E-state index in [9.17, 15) is 0 Å². The lowest BCUT2D eigenvalue weighted by Gasteiger charge is -2.09. The fourth-order valence-electron chi connectivity index (χ4n) is 3.91. The van der Waals surface area contributed by atoms with Crippen LogP contribution < -0.4 is 0 Å². The van der Waals surface area contributed by atoms with E-state index in [4.69, 9.17) is 0 Å². The maximum absolute atomic E-state index is 3.58. The van der Waals surface area contributed by atoms with Crippen LogP contribution in [0.2, 0.25) is 0 Å². The van der Waals surface area contributed by atoms with Crippen molar-refractivity contribution in [2.75, 3.05) is 0 Å². The molecule has 0 saturated carbocycles. The SMILES string of the molecule is Brc1cccc(-c2cccc(-c3cccc(-c4ccc(-c5ccccc5)cc4)c3)c2)c1. The third-order valence-electron chi connectivity index (χ3n) is 5.54. The van der Waals surface area contributed by atoms with Crippen molar-refractivity contribution in [2.45, 2.75) is 0 Å². The number of benzene rings is 5. The van der Waals surface area contributed by atoms with Gasteiger partial charge >= 0.3 is 0 Å². The molecular weight excluding hydrogens is 440 g/mol. The highest BCUT2D eigenvalue weighted by Gasteiger charge is 2.05. The van der Waals surface area contributed by atoms with Gasteiger partial charge in [-0.2, -0.15) is 0 Å². The molecule has 0 radical (unpaired) electrons. The first-order valence-corrected chi connectivity index (χ1v) is 11.2. The molecule has 0 aliphatic heterocycles. The highest BCUT2D eigenvalue weighted by molar-refractivity contribution is 9.10. The second-order valence-corrected chi connectivity index (χ2v) is 8.53. The van der Waals surface area contributed by atoms with Crippen LogP contribution in [0.25, 0.3) is 44.5 Å². The average molecular weight is 461 g/mol. The smallest absolute Gasteiger partial charge is 0.0181 e. The maximum Gasteiger partial charge on any atom is 0.0181 e. The van der Waals surface area contributed by atoms with E-state index in [0.717, 1.165) is 4.47 Å². The number of rotatable bonds is 4. The quantitative estimate of drug-likeness (QED) is 0.250. The number of hydrogen-bond donors (Lipinski definition) is 0. The third-order valence-corrected chi connectivity index (χ3v) is 6.04. The second-order valence-electron chi connectivity index (χ2n) is 7.62. The Kier molecular flexibility index (Phi) is 5.52. The molecule has 0 fully saturated rings. The summed E-state index contributed by atoms with van der Waals surface area (Å²) in [6.07, 6.45) is 0. The monoisotopic (exact) mass is 460 g/mol. The summed E-state index contributed by atoms with van der Waals surface area (Å²) in [5.74, 6) is 0. The Balaban J connectivity index is 1.46. The summed E-state index contributed by atoms with van der Waals surface area (Å²) >= 11 is 3.58. The molecule has 0 aliphatic carbocycles. The first kappa shape index (κ1) is 19.5. The van der Waals surface area contributed by atoms with Gasteiger partial charge in [-0.15, -0.1) is 0 Å². The van der Waals surface area contributed by atoms with Crippen molar-refractivity contribution in [1.82, 2.24) is 0 Å². The summed E-state index contributed by atoms with van der Waals surface area (Å²) < 4.78 is 1.09. The molecule has 0 heterocycles. The molecule has 0 nitrogen and oxygen atoms in total. The van der Waals surface area contributed by atoms with Crippen LogP contribution in [-0.2, 0) is 0 Å². The zero-order valence-electron chi connectivity index (χ0n) is 17.0. The molecular formula is C30H21Br. The van der Waals surface area contributed by atoms with Crippen molar-refractivity contribution >= 4 is 15.9 Å². The molecule has 5 rings (SSSR count). The van der Waals surface area contributed by atoms with Gasteiger partial charge in [0.05, 0.1) is 0 Å². The molecule has 148 valence electrons. The summed E-state index contributed by atoms with van der Waals surface area (Å²) in [6.45, 7) is 0. The maximum atomic E-state index is 3.58. The summed E-state index contributed by atoms with van der Waals surface area (Å²) in [4.78, 5) is 0. The Hall–Kier alpha value is -3.42. The van der Waals surface area contributed by atoms with Crippen molar-refractivity contribution in [3.05, 3.63) is 132 Å². The van der Waals surface area contributed by atoms with Crippen LogP contribution in [0.1, 0.15) is 0 Å². The zero-order valence-corrected chi connectivity index (χ0v) is 18.6. The van der Waals surface area contributed by atoms with Crippen LogP contribution in [0.5, 0.6) is 0 Å². The van der Waals surface area contributed by atoms with Crippen molar-refractivity contribution in [1.29, 1.82) is 0 Å². The van der Waals surface area contributed by atoms with Gasteiger partial charge in [0, 0.05) is 4.47 Å². The topological polar surface area (TPSA) is 0 Å². The van der Waals surface area contributed by atoms with Gasteiger partial charge in [0.2, 0.25) is 0 Å². The van der Waals surface area contributed by atoms with E-state index in [0.29, 0.717) is 0 Å². The zero-order chi connectivity index (χ0) is 21.0. The van der Waals surface area contributed by atoms with Gasteiger partial charge < -0.3 is 0 Å². The molecule has 31 heavy (non-hydrogen) atoms. The summed E-state index contributed by atoms with van der Waals surface area (Å²) in [5, 5.41) is 0. The van der Waals surface area contributed by atoms with Crippen LogP contribution in [-0.4, -0.2) is 0 Å². The van der Waals surface area contributed by atoms with Gasteiger partial charge in [0.15, 0.2) is 0 Å². The van der Waals surface area contributed by atoms with Gasteiger partial charge in [-0.3, -0.25) is 0 Å². The van der Waals surface area contributed by atoms with E-state index >= 15 is 0 Å². The molecule has 0 atom stereocenters. The summed E-state index contributed by atoms with van der Waals surface area (Å²) in [6, 6.07) is 45.3. The molecule has 5 aromatic carbocycles. The standard InChI is InChI=1S/C30H21Br/c31-30-14-6-13-29(21-30)28-12-5-11-27(20-28)26-10-4-9-25(19-26)24-17-15-23(16-18-24)22-7-2-1-3-8-22/h1-21H. The molecule has 0 bridgehead atoms. The van der Waals surface area contributed by atoms with Gasteiger partial charge in [0.1, 0.15) is 0 Å². The van der Waals surface area contributed by atoms with E-state index in [1.165, 1.54) is 44.5 Å². The van der Waals surface area contributed by atoms with E-state index < -0.39 is 0 Å². The Morgan fingerprint density at radius 1 is 0.290 bits per heavy atom. The Bertz CT molecular complexity index is 1320. The van der Waals surface area contributed by atoms with Gasteiger partial charge in [0.25, 0.3) is 0 Å². The van der Waals surface area contributed by atoms with Crippen LogP contribution in [0, 0.1) is 0 Å². The fraction of sp³-hybridized carbons (Fsp3) is 0. The lowest BCUT2D eigenvalue weighted by atomic mass is 9.95. The van der Waals surface area contributed by atoms with Crippen LogP contribution in [0.4, 0.5) is 0 Å². The normalized spacial score (nSPS) is 10.7. The Morgan fingerprint density at radius 3 is 1.16 bits per heavy atom. The van der Waals surface area contributed by atoms with Gasteiger partial charge in [-0.1, -0.05) is 119 Å². The van der Waals surface area contributed by atoms with Crippen LogP contribution in [0.15, 0.2) is 132 Å². The largest absolute Gasteiger partial charge is 0.0622 e. The van der Waals surface area contributed by atoms with Gasteiger partial charge in [-0.25, -0.2) is 0 Å². The van der Waals surface area contributed by atoms with Crippen molar-refractivity contribution in [2.24, 2.45) is 0 Å². The average Bonchev–Trinajstić information content (AvgIpc) is 2.85. The molecule has 5 aromatic rings. The molecule has 0 aromatic heterocycles. The fourth-order valence-corrected chi connectivity index (χ4v) is 4.31. The Morgan fingerprint density at radius 2 is 0.645 bits per heavy atom. The second kappa shape index (κ2) is 8.75. The molecule has 0 unspecified atom stereocenters. The lowest BCUT2D eigenvalue weighted by molar-refractivity contribution is 1.56. The minimum Gasteiger partial charge on any atom is -0.0622 e. The minimum absolute atomic E-state index is 1.09. The Labute approximate surface area is 192 Å². The molecule has 0 saturated heterocycles. The van der Waals surface area contributed by atoms with Gasteiger partial charge in [-0.05, 0) is 68.8 Å². The summed E-state index contributed by atoms with van der Waals surface area (Å²) in [5.41, 5.74) is 9.81.